The molecule has 0 aromatic heterocycles. The van der Waals surface area contributed by atoms with Crippen molar-refractivity contribution in [1.82, 2.24) is 0 Å². The average molecular weight is 285 g/mol. The topological polar surface area (TPSA) is 69.4 Å². The summed E-state index contributed by atoms with van der Waals surface area (Å²) in [5.74, 6) is 0.156. The number of benzene rings is 2. The number of nitrogens with zero attached hydrogens (tertiary/aromatic N) is 1. The zero-order valence-corrected chi connectivity index (χ0v) is 11.8. The Balaban J connectivity index is 2.21. The summed E-state index contributed by atoms with van der Waals surface area (Å²) < 4.78 is 5.52. The van der Waals surface area contributed by atoms with E-state index < -0.39 is 4.92 Å². The minimum Gasteiger partial charge on any atom is -0.482 e. The Kier molecular flexibility index (Phi) is 4.33. The second kappa shape index (κ2) is 6.17. The number of aryl methyl sites for hydroxylation is 2. The van der Waals surface area contributed by atoms with Crippen LogP contribution in [0.4, 0.5) is 5.69 Å². The Bertz CT molecular complexity index is 695. The SMILES string of the molecule is Cc1ccc(COc2ccc(C=O)cc2[N+](=O)[O-])cc1C. The normalized spacial score (nSPS) is 10.2. The largest absolute Gasteiger partial charge is 0.482 e. The van der Waals surface area contributed by atoms with E-state index in [1.54, 1.807) is 0 Å². The lowest BCUT2D eigenvalue weighted by Gasteiger charge is -2.09. The standard InChI is InChI=1S/C16H15NO4/c1-11-3-4-14(7-12(11)2)10-21-16-6-5-13(9-18)8-15(16)17(19)20/h3-9H,10H2,1-2H3. The molecule has 0 aliphatic heterocycles. The van der Waals surface area contributed by atoms with E-state index in [0.29, 0.717) is 6.29 Å². The first-order valence-corrected chi connectivity index (χ1v) is 6.44. The Morgan fingerprint density at radius 3 is 2.52 bits per heavy atom. The van der Waals surface area contributed by atoms with E-state index >= 15 is 0 Å². The van der Waals surface area contributed by atoms with E-state index in [-0.39, 0.29) is 23.6 Å². The number of nitro benzene ring substituents is 1. The first-order valence-electron chi connectivity index (χ1n) is 6.44. The van der Waals surface area contributed by atoms with Gasteiger partial charge in [-0.3, -0.25) is 14.9 Å². The fraction of sp³-hybridized carbons (Fsp3) is 0.188. The molecule has 0 heterocycles. The molecule has 0 radical (unpaired) electrons. The van der Waals surface area contributed by atoms with E-state index in [9.17, 15) is 14.9 Å². The molecule has 108 valence electrons. The fourth-order valence-electron chi connectivity index (χ4n) is 1.93. The molecule has 0 bridgehead atoms. The van der Waals surface area contributed by atoms with Crippen LogP contribution in [-0.4, -0.2) is 11.2 Å². The highest BCUT2D eigenvalue weighted by Crippen LogP contribution is 2.28. The van der Waals surface area contributed by atoms with Crippen molar-refractivity contribution < 1.29 is 14.5 Å². The van der Waals surface area contributed by atoms with Crippen molar-refractivity contribution >= 4 is 12.0 Å². The highest BCUT2D eigenvalue weighted by atomic mass is 16.6. The van der Waals surface area contributed by atoms with Crippen LogP contribution in [-0.2, 0) is 6.61 Å². The molecular formula is C16H15NO4. The molecule has 5 nitrogen and oxygen atoms in total. The van der Waals surface area contributed by atoms with Gasteiger partial charge in [-0.1, -0.05) is 18.2 Å². The molecule has 0 fully saturated rings. The maximum absolute atomic E-state index is 11.0. The van der Waals surface area contributed by atoms with Gasteiger partial charge < -0.3 is 4.74 Å². The van der Waals surface area contributed by atoms with Crippen molar-refractivity contribution in [3.8, 4) is 5.75 Å². The lowest BCUT2D eigenvalue weighted by atomic mass is 10.1. The molecule has 0 N–H and O–H groups in total. The zero-order valence-electron chi connectivity index (χ0n) is 11.8. The summed E-state index contributed by atoms with van der Waals surface area (Å²) in [5, 5.41) is 11.0. The van der Waals surface area contributed by atoms with Gasteiger partial charge in [0.2, 0.25) is 0 Å². The predicted octanol–water partition coefficient (Wildman–Crippen LogP) is 3.60. The number of carbonyl (C=O) groups is 1. The monoisotopic (exact) mass is 285 g/mol. The molecular weight excluding hydrogens is 270 g/mol. The first-order chi connectivity index (χ1) is 10.0. The Morgan fingerprint density at radius 2 is 1.90 bits per heavy atom. The van der Waals surface area contributed by atoms with Crippen molar-refractivity contribution in [2.45, 2.75) is 20.5 Å². The molecule has 2 aromatic carbocycles. The minimum absolute atomic E-state index is 0.156. The summed E-state index contributed by atoms with van der Waals surface area (Å²) >= 11 is 0. The maximum Gasteiger partial charge on any atom is 0.311 e. The lowest BCUT2D eigenvalue weighted by molar-refractivity contribution is -0.386. The summed E-state index contributed by atoms with van der Waals surface area (Å²) in [6.07, 6.45) is 0.570. The van der Waals surface area contributed by atoms with Gasteiger partial charge in [0, 0.05) is 11.6 Å². The number of ether oxygens (including phenoxy) is 1. The van der Waals surface area contributed by atoms with Gasteiger partial charge in [-0.25, -0.2) is 0 Å². The van der Waals surface area contributed by atoms with Crippen LogP contribution >= 0.6 is 0 Å². The third kappa shape index (κ3) is 3.45. The molecule has 0 amide bonds. The highest BCUT2D eigenvalue weighted by molar-refractivity contribution is 5.77. The summed E-state index contributed by atoms with van der Waals surface area (Å²) in [6.45, 7) is 4.26. The van der Waals surface area contributed by atoms with Crippen LogP contribution in [0.5, 0.6) is 5.75 Å². The first kappa shape index (κ1) is 14.7. The Labute approximate surface area is 122 Å². The Hall–Kier alpha value is -2.69. The summed E-state index contributed by atoms with van der Waals surface area (Å²) in [7, 11) is 0. The van der Waals surface area contributed by atoms with Gasteiger partial charge in [-0.15, -0.1) is 0 Å². The van der Waals surface area contributed by atoms with Gasteiger partial charge in [0.1, 0.15) is 12.9 Å². The number of nitro groups is 1. The molecule has 0 saturated heterocycles. The number of hydrogen-bond acceptors (Lipinski definition) is 4. The van der Waals surface area contributed by atoms with Crippen LogP contribution in [0.2, 0.25) is 0 Å². The summed E-state index contributed by atoms with van der Waals surface area (Å²) in [4.78, 5) is 21.1. The maximum atomic E-state index is 11.0. The van der Waals surface area contributed by atoms with E-state index in [0.717, 1.165) is 11.1 Å². The molecule has 0 aliphatic rings. The number of aldehydes is 1. The molecule has 2 aromatic rings. The summed E-state index contributed by atoms with van der Waals surface area (Å²) in [5.41, 5.74) is 3.30. The van der Waals surface area contributed by atoms with E-state index in [2.05, 4.69) is 0 Å². The van der Waals surface area contributed by atoms with Crippen LogP contribution in [0.15, 0.2) is 36.4 Å². The second-order valence-corrected chi connectivity index (χ2v) is 4.81. The van der Waals surface area contributed by atoms with E-state index in [1.807, 2.05) is 32.0 Å². The van der Waals surface area contributed by atoms with Crippen LogP contribution in [0.25, 0.3) is 0 Å². The third-order valence-electron chi connectivity index (χ3n) is 3.28. The van der Waals surface area contributed by atoms with Crippen LogP contribution in [0.1, 0.15) is 27.0 Å². The molecule has 0 saturated carbocycles. The molecule has 0 spiro atoms. The molecule has 21 heavy (non-hydrogen) atoms. The molecule has 0 atom stereocenters. The van der Waals surface area contributed by atoms with E-state index in [4.69, 9.17) is 4.74 Å². The number of rotatable bonds is 5. The molecule has 5 heteroatoms. The van der Waals surface area contributed by atoms with Crippen molar-refractivity contribution in [2.75, 3.05) is 0 Å². The van der Waals surface area contributed by atoms with Crippen molar-refractivity contribution in [3.63, 3.8) is 0 Å². The quantitative estimate of drug-likeness (QED) is 0.478. The van der Waals surface area contributed by atoms with Gasteiger partial charge in [-0.2, -0.15) is 0 Å². The second-order valence-electron chi connectivity index (χ2n) is 4.81. The third-order valence-corrected chi connectivity index (χ3v) is 3.28. The van der Waals surface area contributed by atoms with Crippen molar-refractivity contribution in [2.24, 2.45) is 0 Å². The van der Waals surface area contributed by atoms with Gasteiger partial charge in [0.15, 0.2) is 5.75 Å². The molecule has 0 aliphatic carbocycles. The van der Waals surface area contributed by atoms with Crippen LogP contribution < -0.4 is 4.74 Å². The zero-order chi connectivity index (χ0) is 15.4. The Morgan fingerprint density at radius 1 is 1.14 bits per heavy atom. The lowest BCUT2D eigenvalue weighted by Crippen LogP contribution is -2.00. The van der Waals surface area contributed by atoms with Crippen LogP contribution in [0.3, 0.4) is 0 Å². The van der Waals surface area contributed by atoms with E-state index in [1.165, 1.54) is 23.8 Å². The van der Waals surface area contributed by atoms with Crippen LogP contribution in [0, 0.1) is 24.0 Å². The highest BCUT2D eigenvalue weighted by Gasteiger charge is 2.16. The smallest absolute Gasteiger partial charge is 0.311 e. The molecule has 2 rings (SSSR count). The molecule has 0 unspecified atom stereocenters. The van der Waals surface area contributed by atoms with Crippen molar-refractivity contribution in [1.29, 1.82) is 0 Å². The van der Waals surface area contributed by atoms with Gasteiger partial charge in [-0.05, 0) is 42.7 Å². The predicted molar refractivity (Wildman–Crippen MR) is 78.7 cm³/mol. The number of carbonyl (C=O) groups excluding carboxylic acids is 1. The number of hydrogen-bond donors (Lipinski definition) is 0. The average Bonchev–Trinajstić information content (AvgIpc) is 2.48. The van der Waals surface area contributed by atoms with Crippen molar-refractivity contribution in [3.05, 3.63) is 68.8 Å². The fourth-order valence-corrected chi connectivity index (χ4v) is 1.93. The summed E-state index contributed by atoms with van der Waals surface area (Å²) in [6, 6.07) is 10.0. The van der Waals surface area contributed by atoms with Gasteiger partial charge in [0.05, 0.1) is 4.92 Å². The van der Waals surface area contributed by atoms with Gasteiger partial charge >= 0.3 is 5.69 Å². The van der Waals surface area contributed by atoms with Gasteiger partial charge in [0.25, 0.3) is 0 Å². The minimum atomic E-state index is -0.553.